The van der Waals surface area contributed by atoms with E-state index in [9.17, 15) is 9.90 Å². The van der Waals surface area contributed by atoms with Crippen LogP contribution in [0.1, 0.15) is 12.0 Å². The number of fused-ring (bicyclic) bond motifs is 1. The standard InChI is InChI=1S/C26H27N3O3/c30-26(31)22(17-20-7-2-1-3-8-20)19-29-15-12-21-18-23(10-11-24(21)29)32-16-6-14-28-25-9-4-5-13-27-25/h1-5,7-13,15,18,22H,6,14,16-17,19H2,(H,27,28)(H,30,31). The Hall–Kier alpha value is -3.80. The molecule has 2 heterocycles. The summed E-state index contributed by atoms with van der Waals surface area (Å²) in [5.74, 6) is 0.403. The Morgan fingerprint density at radius 2 is 1.91 bits per heavy atom. The molecular weight excluding hydrogens is 402 g/mol. The van der Waals surface area contributed by atoms with Gasteiger partial charge in [0.1, 0.15) is 11.6 Å². The number of carboxylic acids is 1. The molecule has 0 bridgehead atoms. The van der Waals surface area contributed by atoms with Gasteiger partial charge in [0.05, 0.1) is 12.5 Å². The highest BCUT2D eigenvalue weighted by molar-refractivity contribution is 5.82. The van der Waals surface area contributed by atoms with Crippen molar-refractivity contribution < 1.29 is 14.6 Å². The van der Waals surface area contributed by atoms with Crippen LogP contribution in [0.5, 0.6) is 5.75 Å². The van der Waals surface area contributed by atoms with E-state index in [0.29, 0.717) is 19.6 Å². The lowest BCUT2D eigenvalue weighted by Gasteiger charge is -2.15. The van der Waals surface area contributed by atoms with Crippen molar-refractivity contribution in [3.05, 3.63) is 90.8 Å². The summed E-state index contributed by atoms with van der Waals surface area (Å²) in [5, 5.41) is 14.0. The van der Waals surface area contributed by atoms with E-state index in [0.717, 1.165) is 41.0 Å². The lowest BCUT2D eigenvalue weighted by molar-refractivity contribution is -0.142. The van der Waals surface area contributed by atoms with Gasteiger partial charge in [0, 0.05) is 36.4 Å². The van der Waals surface area contributed by atoms with Crippen molar-refractivity contribution in [2.24, 2.45) is 5.92 Å². The molecule has 4 rings (SSSR count). The van der Waals surface area contributed by atoms with Crippen molar-refractivity contribution in [2.75, 3.05) is 18.5 Å². The van der Waals surface area contributed by atoms with Crippen LogP contribution in [-0.2, 0) is 17.8 Å². The van der Waals surface area contributed by atoms with Gasteiger partial charge in [0.2, 0.25) is 0 Å². The van der Waals surface area contributed by atoms with E-state index in [-0.39, 0.29) is 0 Å². The van der Waals surface area contributed by atoms with E-state index < -0.39 is 11.9 Å². The van der Waals surface area contributed by atoms with Crippen LogP contribution in [0.4, 0.5) is 5.82 Å². The van der Waals surface area contributed by atoms with Gasteiger partial charge in [-0.2, -0.15) is 0 Å². The number of pyridine rings is 1. The summed E-state index contributed by atoms with van der Waals surface area (Å²) in [6.45, 7) is 1.81. The number of nitrogens with one attached hydrogen (secondary N) is 1. The van der Waals surface area contributed by atoms with Crippen molar-refractivity contribution in [3.8, 4) is 5.75 Å². The third kappa shape index (κ3) is 5.66. The summed E-state index contributed by atoms with van der Waals surface area (Å²) in [6, 6.07) is 23.5. The highest BCUT2D eigenvalue weighted by atomic mass is 16.5. The van der Waals surface area contributed by atoms with Gasteiger partial charge in [-0.15, -0.1) is 0 Å². The Kier molecular flexibility index (Phi) is 7.02. The van der Waals surface area contributed by atoms with Gasteiger partial charge in [-0.3, -0.25) is 4.79 Å². The number of nitrogens with zero attached hydrogens (tertiary/aromatic N) is 2. The Bertz CT molecular complexity index is 1140. The number of carbonyl (C=O) groups is 1. The lowest BCUT2D eigenvalue weighted by Crippen LogP contribution is -2.22. The zero-order chi connectivity index (χ0) is 22.2. The molecule has 1 unspecified atom stereocenters. The predicted molar refractivity (Wildman–Crippen MR) is 126 cm³/mol. The van der Waals surface area contributed by atoms with Crippen LogP contribution in [0, 0.1) is 5.92 Å². The number of hydrogen-bond donors (Lipinski definition) is 2. The monoisotopic (exact) mass is 429 g/mol. The molecule has 0 aliphatic heterocycles. The molecule has 6 heteroatoms. The summed E-state index contributed by atoms with van der Waals surface area (Å²) in [4.78, 5) is 16.1. The number of aliphatic carboxylic acids is 1. The molecule has 2 aromatic heterocycles. The van der Waals surface area contributed by atoms with Gasteiger partial charge >= 0.3 is 5.97 Å². The number of hydrogen-bond acceptors (Lipinski definition) is 4. The SMILES string of the molecule is O=C(O)C(Cc1ccccc1)Cn1ccc2cc(OCCCNc3ccccn3)ccc21. The highest BCUT2D eigenvalue weighted by Crippen LogP contribution is 2.24. The van der Waals surface area contributed by atoms with Crippen molar-refractivity contribution in [2.45, 2.75) is 19.4 Å². The normalized spacial score (nSPS) is 11.9. The maximum atomic E-state index is 11.8. The van der Waals surface area contributed by atoms with Gasteiger partial charge in [-0.05, 0) is 54.8 Å². The smallest absolute Gasteiger partial charge is 0.308 e. The zero-order valence-electron chi connectivity index (χ0n) is 17.9. The Morgan fingerprint density at radius 1 is 1.06 bits per heavy atom. The number of aromatic nitrogens is 2. The van der Waals surface area contributed by atoms with Gasteiger partial charge in [-0.25, -0.2) is 4.98 Å². The van der Waals surface area contributed by atoms with Gasteiger partial charge in [0.25, 0.3) is 0 Å². The van der Waals surface area contributed by atoms with E-state index >= 15 is 0 Å². The van der Waals surface area contributed by atoms with Crippen molar-refractivity contribution in [1.29, 1.82) is 0 Å². The summed E-state index contributed by atoms with van der Waals surface area (Å²) in [7, 11) is 0. The Labute approximate surface area is 187 Å². The van der Waals surface area contributed by atoms with Crippen LogP contribution in [0.25, 0.3) is 10.9 Å². The summed E-state index contributed by atoms with van der Waals surface area (Å²) < 4.78 is 7.91. The highest BCUT2D eigenvalue weighted by Gasteiger charge is 2.19. The fourth-order valence-corrected chi connectivity index (χ4v) is 3.74. The van der Waals surface area contributed by atoms with Crippen LogP contribution >= 0.6 is 0 Å². The number of anilines is 1. The second-order valence-corrected chi connectivity index (χ2v) is 7.76. The topological polar surface area (TPSA) is 76.4 Å². The van der Waals surface area contributed by atoms with Crippen LogP contribution in [0.15, 0.2) is 85.2 Å². The number of benzene rings is 2. The molecule has 164 valence electrons. The molecule has 6 nitrogen and oxygen atoms in total. The molecular formula is C26H27N3O3. The summed E-state index contributed by atoms with van der Waals surface area (Å²) in [6.07, 6.45) is 5.08. The average molecular weight is 430 g/mol. The molecule has 0 aliphatic carbocycles. The summed E-state index contributed by atoms with van der Waals surface area (Å²) >= 11 is 0. The quantitative estimate of drug-likeness (QED) is 0.333. The molecule has 0 saturated heterocycles. The van der Waals surface area contributed by atoms with Gasteiger partial charge in [0.15, 0.2) is 0 Å². The third-order valence-electron chi connectivity index (χ3n) is 5.39. The van der Waals surface area contributed by atoms with E-state index in [1.807, 2.05) is 83.6 Å². The van der Waals surface area contributed by atoms with Gasteiger partial charge < -0.3 is 19.7 Å². The molecule has 0 spiro atoms. The van der Waals surface area contributed by atoms with Crippen molar-refractivity contribution in [3.63, 3.8) is 0 Å². The largest absolute Gasteiger partial charge is 0.494 e. The molecule has 0 radical (unpaired) electrons. The van der Waals surface area contributed by atoms with Gasteiger partial charge in [-0.1, -0.05) is 36.4 Å². The van der Waals surface area contributed by atoms with Crippen molar-refractivity contribution in [1.82, 2.24) is 9.55 Å². The Balaban J connectivity index is 1.33. The minimum Gasteiger partial charge on any atom is -0.494 e. The van der Waals surface area contributed by atoms with Crippen LogP contribution in [0.2, 0.25) is 0 Å². The van der Waals surface area contributed by atoms with E-state index in [1.165, 1.54) is 0 Å². The van der Waals surface area contributed by atoms with Crippen LogP contribution in [0.3, 0.4) is 0 Å². The van der Waals surface area contributed by atoms with E-state index in [2.05, 4.69) is 10.3 Å². The molecule has 2 N–H and O–H groups in total. The van der Waals surface area contributed by atoms with E-state index in [1.54, 1.807) is 6.20 Å². The fourth-order valence-electron chi connectivity index (χ4n) is 3.74. The molecule has 2 aromatic carbocycles. The molecule has 1 atom stereocenters. The molecule has 0 saturated carbocycles. The second kappa shape index (κ2) is 10.5. The fraction of sp³-hybridized carbons (Fsp3) is 0.231. The molecule has 0 fully saturated rings. The maximum Gasteiger partial charge on any atom is 0.308 e. The maximum absolute atomic E-state index is 11.8. The third-order valence-corrected chi connectivity index (χ3v) is 5.39. The lowest BCUT2D eigenvalue weighted by atomic mass is 9.99. The summed E-state index contributed by atoms with van der Waals surface area (Å²) in [5.41, 5.74) is 2.04. The van der Waals surface area contributed by atoms with Crippen LogP contribution in [-0.4, -0.2) is 33.8 Å². The first kappa shape index (κ1) is 21.4. The molecule has 0 aliphatic rings. The minimum atomic E-state index is -0.782. The first-order chi connectivity index (χ1) is 15.7. The molecule has 4 aromatic rings. The first-order valence-corrected chi connectivity index (χ1v) is 10.8. The number of rotatable bonds is 11. The Morgan fingerprint density at radius 3 is 2.69 bits per heavy atom. The molecule has 0 amide bonds. The predicted octanol–water partition coefficient (Wildman–Crippen LogP) is 4.86. The average Bonchev–Trinajstić information content (AvgIpc) is 3.22. The second-order valence-electron chi connectivity index (χ2n) is 7.76. The number of carboxylic acid groups (broad SMARTS) is 1. The van der Waals surface area contributed by atoms with Crippen molar-refractivity contribution >= 4 is 22.7 Å². The zero-order valence-corrected chi connectivity index (χ0v) is 17.9. The first-order valence-electron chi connectivity index (χ1n) is 10.8. The minimum absolute atomic E-state index is 0.424. The van der Waals surface area contributed by atoms with E-state index in [4.69, 9.17) is 4.74 Å². The number of ether oxygens (including phenoxy) is 1. The molecule has 32 heavy (non-hydrogen) atoms. The van der Waals surface area contributed by atoms with Crippen LogP contribution < -0.4 is 10.1 Å².